The van der Waals surface area contributed by atoms with Gasteiger partial charge in [-0.1, -0.05) is 34.1 Å². The predicted octanol–water partition coefficient (Wildman–Crippen LogP) is 3.92. The summed E-state index contributed by atoms with van der Waals surface area (Å²) in [6.07, 6.45) is 2.41. The fraction of sp³-hybridized carbons (Fsp3) is 0.417. The molecule has 0 aliphatic heterocycles. The molecule has 0 heterocycles. The van der Waals surface area contributed by atoms with Gasteiger partial charge in [0.15, 0.2) is 11.5 Å². The molecule has 182 valence electrons. The maximum atomic E-state index is 10.8. The second-order valence-corrected chi connectivity index (χ2v) is 7.66. The number of ether oxygens (including phenoxy) is 5. The molecule has 0 saturated carbocycles. The van der Waals surface area contributed by atoms with Crippen molar-refractivity contribution in [1.29, 1.82) is 0 Å². The molecular formula is C24H31BrO8. The standard InChI is InChI=1S/C14H20O5.C10H11BrO3/c1-16-12-7-6-11(9-13(12)17-2)5-4-8-19-10-14(15)18-3;11-9-3-1-8(2-4-9)5-6-14-7-10(12)13/h6-7,9H,4-5,8,10H2,1-3H3;1-4H,5-7H2,(H,12,13). The SMILES string of the molecule is COC(=O)COCCCc1ccc(OC)c(OC)c1.O=C(O)COCCc1ccc(Br)cc1. The number of rotatable bonds is 13. The molecule has 0 aliphatic rings. The average Bonchev–Trinajstić information content (AvgIpc) is 2.82. The quantitative estimate of drug-likeness (QED) is 0.309. The Balaban J connectivity index is 0.000000346. The van der Waals surface area contributed by atoms with Crippen molar-refractivity contribution in [2.75, 3.05) is 47.8 Å². The zero-order chi connectivity index (χ0) is 24.5. The molecular weight excluding hydrogens is 496 g/mol. The molecule has 0 atom stereocenters. The Hall–Kier alpha value is -2.62. The van der Waals surface area contributed by atoms with Gasteiger partial charge >= 0.3 is 11.9 Å². The van der Waals surface area contributed by atoms with Gasteiger partial charge in [-0.3, -0.25) is 0 Å². The maximum Gasteiger partial charge on any atom is 0.331 e. The second kappa shape index (κ2) is 16.9. The van der Waals surface area contributed by atoms with Crippen LogP contribution in [0.25, 0.3) is 0 Å². The normalized spacial score (nSPS) is 10.1. The molecule has 9 heteroatoms. The summed E-state index contributed by atoms with van der Waals surface area (Å²) in [4.78, 5) is 20.9. The summed E-state index contributed by atoms with van der Waals surface area (Å²) in [5.41, 5.74) is 2.28. The Morgan fingerprint density at radius 1 is 0.818 bits per heavy atom. The van der Waals surface area contributed by atoms with Crippen LogP contribution in [0.2, 0.25) is 0 Å². The van der Waals surface area contributed by atoms with Crippen molar-refractivity contribution >= 4 is 27.9 Å². The highest BCUT2D eigenvalue weighted by Crippen LogP contribution is 2.27. The molecule has 2 aromatic rings. The summed E-state index contributed by atoms with van der Waals surface area (Å²) >= 11 is 3.34. The number of hydrogen-bond acceptors (Lipinski definition) is 7. The van der Waals surface area contributed by atoms with Gasteiger partial charge in [-0.15, -0.1) is 0 Å². The summed E-state index contributed by atoms with van der Waals surface area (Å²) in [6, 6.07) is 13.7. The minimum atomic E-state index is -0.930. The molecule has 0 aromatic heterocycles. The van der Waals surface area contributed by atoms with Crippen molar-refractivity contribution in [3.05, 3.63) is 58.1 Å². The molecule has 0 aliphatic carbocycles. The van der Waals surface area contributed by atoms with Gasteiger partial charge in [0.1, 0.15) is 13.2 Å². The van der Waals surface area contributed by atoms with E-state index < -0.39 is 5.97 Å². The van der Waals surface area contributed by atoms with Crippen LogP contribution in [-0.2, 0) is 36.6 Å². The monoisotopic (exact) mass is 526 g/mol. The van der Waals surface area contributed by atoms with Gasteiger partial charge in [0, 0.05) is 11.1 Å². The number of benzene rings is 2. The van der Waals surface area contributed by atoms with Crippen molar-refractivity contribution in [3.8, 4) is 11.5 Å². The lowest BCUT2D eigenvalue weighted by molar-refractivity contribution is -0.146. The third-order valence-corrected chi connectivity index (χ3v) is 4.85. The van der Waals surface area contributed by atoms with Crippen molar-refractivity contribution < 1.29 is 38.4 Å². The van der Waals surface area contributed by atoms with Gasteiger partial charge in [-0.25, -0.2) is 9.59 Å². The molecule has 0 bridgehead atoms. The maximum absolute atomic E-state index is 10.8. The lowest BCUT2D eigenvalue weighted by atomic mass is 10.1. The van der Waals surface area contributed by atoms with Crippen LogP contribution >= 0.6 is 15.9 Å². The molecule has 0 amide bonds. The van der Waals surface area contributed by atoms with E-state index in [0.717, 1.165) is 40.6 Å². The zero-order valence-corrected chi connectivity index (χ0v) is 20.8. The van der Waals surface area contributed by atoms with Crippen LogP contribution in [0, 0.1) is 0 Å². The van der Waals surface area contributed by atoms with E-state index >= 15 is 0 Å². The molecule has 0 saturated heterocycles. The third kappa shape index (κ3) is 12.9. The summed E-state index contributed by atoms with van der Waals surface area (Å²) < 4.78 is 26.0. The largest absolute Gasteiger partial charge is 0.493 e. The highest BCUT2D eigenvalue weighted by atomic mass is 79.9. The second-order valence-electron chi connectivity index (χ2n) is 6.74. The van der Waals surface area contributed by atoms with Crippen LogP contribution in [0.4, 0.5) is 0 Å². The smallest absolute Gasteiger partial charge is 0.331 e. The first-order chi connectivity index (χ1) is 15.9. The van der Waals surface area contributed by atoms with E-state index in [9.17, 15) is 9.59 Å². The van der Waals surface area contributed by atoms with E-state index in [1.54, 1.807) is 14.2 Å². The molecule has 33 heavy (non-hydrogen) atoms. The number of methoxy groups -OCH3 is 3. The third-order valence-electron chi connectivity index (χ3n) is 4.32. The van der Waals surface area contributed by atoms with E-state index in [-0.39, 0.29) is 19.2 Å². The fourth-order valence-electron chi connectivity index (χ4n) is 2.63. The molecule has 0 spiro atoms. The number of carboxylic acid groups (broad SMARTS) is 1. The number of carbonyl (C=O) groups excluding carboxylic acids is 1. The van der Waals surface area contributed by atoms with Crippen LogP contribution in [-0.4, -0.2) is 64.8 Å². The zero-order valence-electron chi connectivity index (χ0n) is 19.2. The van der Waals surface area contributed by atoms with Crippen LogP contribution in [0.1, 0.15) is 17.5 Å². The van der Waals surface area contributed by atoms with E-state index in [1.807, 2.05) is 42.5 Å². The van der Waals surface area contributed by atoms with Gasteiger partial charge < -0.3 is 28.8 Å². The highest BCUT2D eigenvalue weighted by molar-refractivity contribution is 9.10. The Kier molecular flexibility index (Phi) is 14.6. The van der Waals surface area contributed by atoms with E-state index in [2.05, 4.69) is 20.7 Å². The molecule has 1 N–H and O–H groups in total. The predicted molar refractivity (Wildman–Crippen MR) is 127 cm³/mol. The Bertz CT molecular complexity index is 839. The molecule has 0 fully saturated rings. The topological polar surface area (TPSA) is 101 Å². The molecule has 8 nitrogen and oxygen atoms in total. The van der Waals surface area contributed by atoms with Crippen molar-refractivity contribution in [3.63, 3.8) is 0 Å². The van der Waals surface area contributed by atoms with Crippen molar-refractivity contribution in [2.24, 2.45) is 0 Å². The first-order valence-electron chi connectivity index (χ1n) is 10.3. The number of esters is 1. The number of halogens is 1. The number of carboxylic acids is 1. The number of aliphatic carboxylic acids is 1. The minimum absolute atomic E-state index is 0.00241. The van der Waals surface area contributed by atoms with Crippen LogP contribution in [0.3, 0.4) is 0 Å². The number of carbonyl (C=O) groups is 2. The van der Waals surface area contributed by atoms with Crippen molar-refractivity contribution in [1.82, 2.24) is 0 Å². The van der Waals surface area contributed by atoms with Gasteiger partial charge in [-0.05, 0) is 54.7 Å². The van der Waals surface area contributed by atoms with Crippen LogP contribution in [0.5, 0.6) is 11.5 Å². The summed E-state index contributed by atoms with van der Waals surface area (Å²) in [5.74, 6) is 0.149. The highest BCUT2D eigenvalue weighted by Gasteiger charge is 2.05. The molecule has 0 unspecified atom stereocenters. The Morgan fingerprint density at radius 3 is 2.06 bits per heavy atom. The van der Waals surface area contributed by atoms with Gasteiger partial charge in [0.05, 0.1) is 27.9 Å². The van der Waals surface area contributed by atoms with Gasteiger partial charge in [0.25, 0.3) is 0 Å². The summed E-state index contributed by atoms with van der Waals surface area (Å²) in [5, 5.41) is 8.32. The van der Waals surface area contributed by atoms with E-state index in [4.69, 9.17) is 24.1 Å². The van der Waals surface area contributed by atoms with Gasteiger partial charge in [-0.2, -0.15) is 0 Å². The Morgan fingerprint density at radius 2 is 1.45 bits per heavy atom. The van der Waals surface area contributed by atoms with Crippen molar-refractivity contribution in [2.45, 2.75) is 19.3 Å². The lowest BCUT2D eigenvalue weighted by Crippen LogP contribution is -2.11. The number of aryl methyl sites for hydroxylation is 1. The van der Waals surface area contributed by atoms with E-state index in [1.165, 1.54) is 7.11 Å². The lowest BCUT2D eigenvalue weighted by Gasteiger charge is -2.09. The number of hydrogen-bond donors (Lipinski definition) is 1. The molecule has 2 aromatic carbocycles. The average molecular weight is 527 g/mol. The van der Waals surface area contributed by atoms with Crippen LogP contribution in [0.15, 0.2) is 46.9 Å². The minimum Gasteiger partial charge on any atom is -0.493 e. The molecule has 0 radical (unpaired) electrons. The first kappa shape index (κ1) is 28.4. The van der Waals surface area contributed by atoms with Gasteiger partial charge in [0.2, 0.25) is 0 Å². The van der Waals surface area contributed by atoms with E-state index in [0.29, 0.717) is 19.0 Å². The summed E-state index contributed by atoms with van der Waals surface area (Å²) in [7, 11) is 4.56. The summed E-state index contributed by atoms with van der Waals surface area (Å²) in [6.45, 7) is 0.732. The Labute approximate surface area is 202 Å². The first-order valence-corrected chi connectivity index (χ1v) is 11.1. The van der Waals surface area contributed by atoms with Crippen LogP contribution < -0.4 is 9.47 Å². The molecule has 2 rings (SSSR count). The fourth-order valence-corrected chi connectivity index (χ4v) is 2.89.